The molecule has 2 saturated carbocycles. The van der Waals surface area contributed by atoms with Crippen molar-refractivity contribution < 1.29 is 115 Å². The van der Waals surface area contributed by atoms with Crippen LogP contribution < -0.4 is 66.3 Å². The lowest BCUT2D eigenvalue weighted by atomic mass is 9.98. The van der Waals surface area contributed by atoms with Crippen LogP contribution in [0.2, 0.25) is 0 Å². The van der Waals surface area contributed by atoms with Crippen LogP contribution >= 0.6 is 70.6 Å². The van der Waals surface area contributed by atoms with Gasteiger partial charge < -0.3 is 94.7 Å². The van der Waals surface area contributed by atoms with Gasteiger partial charge >= 0.3 is 35.8 Å². The molecule has 0 bridgehead atoms. The molecule has 0 spiro atoms. The zero-order chi connectivity index (χ0) is 104. The van der Waals surface area contributed by atoms with Crippen molar-refractivity contribution in [3.05, 3.63) is 35.9 Å². The van der Waals surface area contributed by atoms with E-state index >= 15 is 0 Å². The fourth-order valence-electron chi connectivity index (χ4n) is 10.5. The third-order valence-electron chi connectivity index (χ3n) is 19.1. The van der Waals surface area contributed by atoms with E-state index in [1.807, 2.05) is 120 Å². The quantitative estimate of drug-likeness (QED) is 0.0218. The molecule has 42 heteroatoms. The van der Waals surface area contributed by atoms with Gasteiger partial charge in [0, 0.05) is 67.6 Å². The van der Waals surface area contributed by atoms with Crippen LogP contribution in [-0.4, -0.2) is 246 Å². The van der Waals surface area contributed by atoms with E-state index in [1.54, 1.807) is 62.3 Å². The van der Waals surface area contributed by atoms with Crippen LogP contribution in [0.5, 0.6) is 0 Å². The predicted octanol–water partition coefficient (Wildman–Crippen LogP) is 7.82. The molecule has 0 unspecified atom stereocenters. The van der Waals surface area contributed by atoms with Crippen molar-refractivity contribution in [1.82, 2.24) is 31.9 Å². The van der Waals surface area contributed by atoms with E-state index in [-0.39, 0.29) is 185 Å². The van der Waals surface area contributed by atoms with Crippen LogP contribution in [0.15, 0.2) is 30.3 Å². The Morgan fingerprint density at radius 3 is 0.828 bits per heavy atom. The summed E-state index contributed by atoms with van der Waals surface area (Å²) in [6.07, 6.45) is 8.95. The summed E-state index contributed by atoms with van der Waals surface area (Å²) in [5, 5.41) is 14.3. The zero-order valence-corrected chi connectivity index (χ0v) is 88.3. The van der Waals surface area contributed by atoms with Crippen LogP contribution in [0.3, 0.4) is 0 Å². The van der Waals surface area contributed by atoms with Gasteiger partial charge in [-0.25, -0.2) is 28.8 Å². The molecule has 36 nitrogen and oxygen atoms in total. The first-order chi connectivity index (χ1) is 62.3. The molecule has 1 aromatic rings. The van der Waals surface area contributed by atoms with Crippen molar-refractivity contribution in [2.45, 2.75) is 353 Å². The van der Waals surface area contributed by atoms with Gasteiger partial charge in [0.05, 0.1) is 67.6 Å². The van der Waals surface area contributed by atoms with E-state index in [4.69, 9.17) is 62.8 Å². The van der Waals surface area contributed by atoms with Gasteiger partial charge in [-0.05, 0) is 140 Å². The highest BCUT2D eigenvalue weighted by Gasteiger charge is 2.35. The molecule has 134 heavy (non-hydrogen) atoms. The highest BCUT2D eigenvalue weighted by Crippen LogP contribution is 2.25. The summed E-state index contributed by atoms with van der Waals surface area (Å²) in [5.74, 6) is -4.29. The fourth-order valence-corrected chi connectivity index (χ4v) is 16.6. The lowest BCUT2D eigenvalue weighted by Gasteiger charge is -2.25. The Morgan fingerprint density at radius 2 is 0.575 bits per heavy atom. The van der Waals surface area contributed by atoms with Crippen LogP contribution in [0, 0.1) is 41.4 Å². The maximum absolute atomic E-state index is 12.4. The Morgan fingerprint density at radius 1 is 0.328 bits per heavy atom. The van der Waals surface area contributed by atoms with Gasteiger partial charge in [0.25, 0.3) is 0 Å². The molecular weight excluding hydrogens is 1850 g/mol. The summed E-state index contributed by atoms with van der Waals surface area (Å²) in [4.78, 5) is 213. The first-order valence-corrected chi connectivity index (χ1v) is 51.7. The monoisotopic (exact) mass is 2010 g/mol. The number of carbonyl (C=O) groups excluding carboxylic acids is 18. The average molecular weight is 2010 g/mol. The number of hydrogen-bond donors (Lipinski definition) is 12. The second-order valence-electron chi connectivity index (χ2n) is 35.3. The van der Waals surface area contributed by atoms with Crippen molar-refractivity contribution in [2.75, 3.05) is 41.1 Å². The normalized spacial score (nSPS) is 15.2. The summed E-state index contributed by atoms with van der Waals surface area (Å²) < 4.78 is 31.3. The second kappa shape index (κ2) is 73.0. The molecule has 0 radical (unpaired) electrons. The molecule has 3 rings (SSSR count). The lowest BCUT2D eigenvalue weighted by molar-refractivity contribution is -0.154. The molecule has 768 valence electrons. The number of amides is 6. The van der Waals surface area contributed by atoms with E-state index in [0.29, 0.717) is 13.0 Å². The Bertz CT molecular complexity index is 3760. The molecule has 0 aromatic heterocycles. The molecule has 0 saturated heterocycles. The zero-order valence-electron chi connectivity index (χ0n) is 83.4. The van der Waals surface area contributed by atoms with Crippen molar-refractivity contribution in [2.24, 2.45) is 75.8 Å². The van der Waals surface area contributed by atoms with Crippen molar-refractivity contribution in [3.63, 3.8) is 0 Å². The largest absolute Gasteiger partial charge is 0.464 e. The molecule has 0 heterocycles. The van der Waals surface area contributed by atoms with Gasteiger partial charge in [0.2, 0.25) is 66.1 Å². The van der Waals surface area contributed by atoms with Gasteiger partial charge in [0.1, 0.15) is 48.5 Å². The van der Waals surface area contributed by atoms with Crippen LogP contribution in [0.1, 0.15) is 249 Å². The second-order valence-corrected chi connectivity index (χ2v) is 41.4. The fraction of sp³-hybridized carbons (Fsp3) is 0.739. The highest BCUT2D eigenvalue weighted by atomic mass is 32.2. The minimum atomic E-state index is -0.901. The van der Waals surface area contributed by atoms with Crippen molar-refractivity contribution >= 4 is 173 Å². The summed E-state index contributed by atoms with van der Waals surface area (Å²) in [6.45, 7) is 43.9. The van der Waals surface area contributed by atoms with E-state index in [9.17, 15) is 86.3 Å². The smallest absolute Gasteiger partial charge is 0.329 e. The number of nitrogens with one attached hydrogen (secondary N) is 6. The van der Waals surface area contributed by atoms with E-state index in [0.717, 1.165) is 128 Å². The van der Waals surface area contributed by atoms with Gasteiger partial charge in [-0.2, -0.15) is 0 Å². The van der Waals surface area contributed by atoms with Gasteiger partial charge in [-0.3, -0.25) is 57.5 Å². The number of esters is 6. The molecule has 12 atom stereocenters. The average Bonchev–Trinajstić information content (AvgIpc) is 1.18. The van der Waals surface area contributed by atoms with Crippen molar-refractivity contribution in [1.29, 1.82) is 0 Å². The van der Waals surface area contributed by atoms with E-state index < -0.39 is 108 Å². The number of benzene rings is 1. The number of nitrogens with two attached hydrogens (primary N) is 6. The van der Waals surface area contributed by atoms with E-state index in [1.165, 1.54) is 27.2 Å². The molecule has 2 aliphatic carbocycles. The van der Waals surface area contributed by atoms with Crippen LogP contribution in [0.25, 0.3) is 0 Å². The topological polar surface area (TPSA) is 591 Å². The third-order valence-corrected chi connectivity index (χ3v) is 25.4. The Hall–Kier alpha value is -7.26. The minimum Gasteiger partial charge on any atom is -0.464 e. The molecule has 1 aromatic carbocycles. The number of hydrogen-bond acceptors (Lipinski definition) is 36. The van der Waals surface area contributed by atoms with Crippen LogP contribution in [-0.2, 0) is 121 Å². The van der Waals surface area contributed by atoms with E-state index in [2.05, 4.69) is 31.9 Å². The van der Waals surface area contributed by atoms with Gasteiger partial charge in [-0.15, -0.1) is 0 Å². The maximum Gasteiger partial charge on any atom is 0.329 e. The predicted molar refractivity (Wildman–Crippen MR) is 532 cm³/mol. The molecule has 2 aliphatic rings. The summed E-state index contributed by atoms with van der Waals surface area (Å²) in [7, 11) is 0. The number of carbonyl (C=O) groups is 18. The Balaban J connectivity index is -0.00000154. The highest BCUT2D eigenvalue weighted by molar-refractivity contribution is 8.15. The summed E-state index contributed by atoms with van der Waals surface area (Å²) >= 11 is 5.73. The molecule has 0 aliphatic heterocycles. The number of ether oxygens (including phenoxy) is 6. The third kappa shape index (κ3) is 61.8. The molecule has 2 fully saturated rings. The SMILES string of the molecule is CC(=O)N[C@@H](CSC(=O)[C@@H](N)C(C)C)C(=O)OC(C)C.CC(=O)N[C@@H](CSC(=O)[C@@H](N)C(C)C)C(=O)OC1CCCC1.CC(C)OC(=O)[C@H](CSC(=O)[C@@H](N)C(C)C)NC(=O)C(C)C.CC(C)OC(=O)[C@H](CSC(=O)[C@@H](N)C(C)C)NC(=O)Cc1ccccc1.CCC(=O)N[C@@H](CSC(=O)[C@@H](N)C(C)C)C(=O)OC1CCCCC1.CCCOC(=O)[C@H](CSC(=O)[C@@H](N)C(C)C)NC(C)=O. The first-order valence-electron chi connectivity index (χ1n) is 45.8. The Labute approximate surface area is 819 Å². The van der Waals surface area contributed by atoms with Crippen molar-refractivity contribution in [3.8, 4) is 0 Å². The van der Waals surface area contributed by atoms with Gasteiger partial charge in [0.15, 0.2) is 0 Å². The number of rotatable bonds is 47. The maximum atomic E-state index is 12.4. The first kappa shape index (κ1) is 131. The van der Waals surface area contributed by atoms with Crippen LogP contribution in [0.4, 0.5) is 0 Å². The lowest BCUT2D eigenvalue weighted by Crippen LogP contribution is -2.46. The minimum absolute atomic E-state index is 0.00346. The molecular formula is C92H160N12O24S6. The summed E-state index contributed by atoms with van der Waals surface area (Å²) in [6, 6.07) is 0.650. The van der Waals surface area contributed by atoms with Gasteiger partial charge in [-0.1, -0.05) is 218 Å². The summed E-state index contributed by atoms with van der Waals surface area (Å²) in [5.41, 5.74) is 35.5. The molecule has 18 N–H and O–H groups in total. The Kier molecular flexibility index (Phi) is 71.3. The number of thioether (sulfide) groups is 6. The standard InChI is InChI=1S/C19H28N2O4S.C17H30N2O4S.C15H26N2O4S.C15H28N2O4S.2C13H24N2O4S/c1-12(2)17(20)19(24)26-11-15(18(23)25-13(3)4)21-16(22)10-14-8-6-5-7-9-14;1-4-14(20)19-13(10-24-17(22)15(18)11(2)3)16(21)23-12-8-6-5-7-9-12;1-9(2)13(16)15(20)22-8-12(17-10(3)18)14(19)21-11-6-4-5-7-11;1-8(2)12(16)15(20)22-7-11(14(19)21-10(5)6)17-13(18)9(3)4;1-7(2)11(14)13(18)20-6-10(15-9(5)16)12(17)19-8(3)4;1-5-6-19-12(17)10(15-9(4)16)7-20-13(18)11(14)8(2)3/h5-9,12-13,15,17H,10-11,20H2,1-4H3,(H,21,22);11-13,15H,4-10,18H2,1-3H3,(H,19,20);9,11-13H,4-8,16H2,1-3H3,(H,17,18);8-12H,7,16H2,1-6H3,(H,17,18);7-8,10-11H,6,14H2,1-5H3,(H,15,16);8,10-11H,5-7,14H2,1-4H3,(H,15,16)/t15-,17-;13-,15-;12-,13-;11-,12-;2*10-,11-/m000000/s1. The molecule has 6 amide bonds.